The summed E-state index contributed by atoms with van der Waals surface area (Å²) in [7, 11) is 1.71. The van der Waals surface area contributed by atoms with Crippen LogP contribution in [0.1, 0.15) is 62.3 Å². The van der Waals surface area contributed by atoms with Crippen LogP contribution in [0.15, 0.2) is 18.2 Å². The van der Waals surface area contributed by atoms with Gasteiger partial charge in [-0.3, -0.25) is 0 Å². The summed E-state index contributed by atoms with van der Waals surface area (Å²) in [5, 5.41) is 0.767. The molecule has 0 saturated carbocycles. The topological polar surface area (TPSA) is 9.23 Å². The Morgan fingerprint density at radius 1 is 1.16 bits per heavy atom. The van der Waals surface area contributed by atoms with E-state index in [-0.39, 0.29) is 0 Å². The van der Waals surface area contributed by atoms with E-state index in [9.17, 15) is 0 Å². The van der Waals surface area contributed by atoms with Crippen LogP contribution in [-0.4, -0.2) is 7.11 Å². The van der Waals surface area contributed by atoms with Gasteiger partial charge in [0.05, 0.1) is 7.11 Å². The summed E-state index contributed by atoms with van der Waals surface area (Å²) in [4.78, 5) is 0.326. The molecule has 1 aromatic carbocycles. The molecule has 0 spiro atoms. The molecule has 0 N–H and O–H groups in total. The van der Waals surface area contributed by atoms with Gasteiger partial charge < -0.3 is 4.74 Å². The molecule has 0 radical (unpaired) electrons. The maximum absolute atomic E-state index is 6.06. The number of hydrogen-bond acceptors (Lipinski definition) is 1. The van der Waals surface area contributed by atoms with E-state index in [1.165, 1.54) is 38.5 Å². The first-order valence-electron chi connectivity index (χ1n) is 7.16. The highest BCUT2D eigenvalue weighted by Gasteiger charge is 2.13. The summed E-state index contributed by atoms with van der Waals surface area (Å²) in [6.45, 7) is 2.25. The lowest BCUT2D eigenvalue weighted by Gasteiger charge is -2.14. The monoisotopic (exact) mass is 346 g/mol. The van der Waals surface area contributed by atoms with Crippen LogP contribution in [0.25, 0.3) is 0 Å². The second-order valence-electron chi connectivity index (χ2n) is 4.91. The molecule has 0 aliphatic carbocycles. The number of rotatable bonds is 9. The minimum atomic E-state index is 0.326. The van der Waals surface area contributed by atoms with E-state index >= 15 is 0 Å². The number of alkyl halides is 1. The zero-order valence-electron chi connectivity index (χ0n) is 11.9. The molecule has 0 aliphatic rings. The highest BCUT2D eigenvalue weighted by Crippen LogP contribution is 2.36. The third kappa shape index (κ3) is 6.18. The first-order valence-corrected chi connectivity index (χ1v) is 8.46. The van der Waals surface area contributed by atoms with Gasteiger partial charge in [-0.25, -0.2) is 0 Å². The van der Waals surface area contributed by atoms with Gasteiger partial charge in [0.2, 0.25) is 0 Å². The molecule has 19 heavy (non-hydrogen) atoms. The van der Waals surface area contributed by atoms with E-state index < -0.39 is 0 Å². The zero-order valence-corrected chi connectivity index (χ0v) is 14.3. The third-order valence-electron chi connectivity index (χ3n) is 3.34. The van der Waals surface area contributed by atoms with Gasteiger partial charge in [0, 0.05) is 15.4 Å². The average molecular weight is 348 g/mol. The van der Waals surface area contributed by atoms with Crippen LogP contribution in [-0.2, 0) is 0 Å². The van der Waals surface area contributed by atoms with Crippen LogP contribution in [0.5, 0.6) is 5.75 Å². The van der Waals surface area contributed by atoms with Crippen molar-refractivity contribution < 1.29 is 4.74 Å². The van der Waals surface area contributed by atoms with Crippen LogP contribution in [0.3, 0.4) is 0 Å². The number of hydrogen-bond donors (Lipinski definition) is 0. The Hall–Kier alpha value is -0.210. The lowest BCUT2D eigenvalue weighted by Crippen LogP contribution is -1.96. The molecule has 0 bridgehead atoms. The Labute approximate surface area is 130 Å². The summed E-state index contributed by atoms with van der Waals surface area (Å²) in [6, 6.07) is 5.80. The largest absolute Gasteiger partial charge is 0.496 e. The van der Waals surface area contributed by atoms with E-state index in [4.69, 9.17) is 16.3 Å². The minimum absolute atomic E-state index is 0.326. The summed E-state index contributed by atoms with van der Waals surface area (Å²) in [5.74, 6) is 0.914. The number of halogens is 2. The molecule has 0 saturated heterocycles. The third-order valence-corrected chi connectivity index (χ3v) is 4.53. The SMILES string of the molecule is CCCCCCCCC(Br)c1cc(Cl)ccc1OC. The van der Waals surface area contributed by atoms with Gasteiger partial charge in [0.25, 0.3) is 0 Å². The van der Waals surface area contributed by atoms with Crippen LogP contribution >= 0.6 is 27.5 Å². The highest BCUT2D eigenvalue weighted by atomic mass is 79.9. The maximum Gasteiger partial charge on any atom is 0.123 e. The molecule has 1 rings (SSSR count). The first-order chi connectivity index (χ1) is 9.19. The van der Waals surface area contributed by atoms with Crippen molar-refractivity contribution in [3.63, 3.8) is 0 Å². The van der Waals surface area contributed by atoms with Crippen molar-refractivity contribution in [2.45, 2.75) is 56.7 Å². The van der Waals surface area contributed by atoms with E-state index in [0.717, 1.165) is 22.8 Å². The van der Waals surface area contributed by atoms with Crippen molar-refractivity contribution in [3.05, 3.63) is 28.8 Å². The summed E-state index contributed by atoms with van der Waals surface area (Å²) >= 11 is 9.82. The molecule has 0 aromatic heterocycles. The molecule has 108 valence electrons. The molecule has 1 unspecified atom stereocenters. The highest BCUT2D eigenvalue weighted by molar-refractivity contribution is 9.09. The van der Waals surface area contributed by atoms with Gasteiger partial charge >= 0.3 is 0 Å². The molecular weight excluding hydrogens is 324 g/mol. The van der Waals surface area contributed by atoms with E-state index in [1.54, 1.807) is 7.11 Å². The number of benzene rings is 1. The normalized spacial score (nSPS) is 12.4. The fourth-order valence-electron chi connectivity index (χ4n) is 2.21. The second-order valence-corrected chi connectivity index (χ2v) is 6.45. The molecule has 0 aliphatic heterocycles. The van der Waals surface area contributed by atoms with Crippen molar-refractivity contribution >= 4 is 27.5 Å². The molecule has 3 heteroatoms. The predicted octanol–water partition coefficient (Wildman–Crippen LogP) is 6.54. The molecule has 1 atom stereocenters. The van der Waals surface area contributed by atoms with Gasteiger partial charge in [0.1, 0.15) is 5.75 Å². The Kier molecular flexibility index (Phi) is 8.56. The van der Waals surface area contributed by atoms with Gasteiger partial charge in [-0.2, -0.15) is 0 Å². The van der Waals surface area contributed by atoms with E-state index in [1.807, 2.05) is 18.2 Å². The Balaban J connectivity index is 2.40. The first kappa shape index (κ1) is 16.8. The maximum atomic E-state index is 6.06. The van der Waals surface area contributed by atoms with Crippen molar-refractivity contribution in [1.82, 2.24) is 0 Å². The number of ether oxygens (including phenoxy) is 1. The zero-order chi connectivity index (χ0) is 14.1. The smallest absolute Gasteiger partial charge is 0.123 e. The molecule has 1 nitrogen and oxygen atoms in total. The summed E-state index contributed by atoms with van der Waals surface area (Å²) in [5.41, 5.74) is 1.16. The van der Waals surface area contributed by atoms with Crippen molar-refractivity contribution in [1.29, 1.82) is 0 Å². The lowest BCUT2D eigenvalue weighted by atomic mass is 10.0. The quantitative estimate of drug-likeness (QED) is 0.364. The van der Waals surface area contributed by atoms with Crippen molar-refractivity contribution in [2.75, 3.05) is 7.11 Å². The Morgan fingerprint density at radius 2 is 1.84 bits per heavy atom. The van der Waals surface area contributed by atoms with E-state index in [0.29, 0.717) is 4.83 Å². The standard InChI is InChI=1S/C16H24BrClO/c1-3-4-5-6-7-8-9-15(17)14-12-13(18)10-11-16(14)19-2/h10-12,15H,3-9H2,1-2H3. The minimum Gasteiger partial charge on any atom is -0.496 e. The fraction of sp³-hybridized carbons (Fsp3) is 0.625. The summed E-state index contributed by atoms with van der Waals surface area (Å²) < 4.78 is 5.39. The lowest BCUT2D eigenvalue weighted by molar-refractivity contribution is 0.408. The van der Waals surface area contributed by atoms with Crippen molar-refractivity contribution in [3.8, 4) is 5.75 Å². The number of unbranched alkanes of at least 4 members (excludes halogenated alkanes) is 5. The van der Waals surface area contributed by atoms with Crippen LogP contribution in [0, 0.1) is 0 Å². The molecule has 0 heterocycles. The second kappa shape index (κ2) is 9.66. The van der Waals surface area contributed by atoms with E-state index in [2.05, 4.69) is 22.9 Å². The van der Waals surface area contributed by atoms with Crippen LogP contribution in [0.2, 0.25) is 5.02 Å². The van der Waals surface area contributed by atoms with Gasteiger partial charge in [-0.1, -0.05) is 73.0 Å². The summed E-state index contributed by atoms with van der Waals surface area (Å²) in [6.07, 6.45) is 9.06. The Bertz CT molecular complexity index is 368. The predicted molar refractivity (Wildman–Crippen MR) is 87.7 cm³/mol. The number of methoxy groups -OCH3 is 1. The van der Waals surface area contributed by atoms with Crippen molar-refractivity contribution in [2.24, 2.45) is 0 Å². The van der Waals surface area contributed by atoms with Gasteiger partial charge in [-0.05, 0) is 24.6 Å². The van der Waals surface area contributed by atoms with Crippen LogP contribution < -0.4 is 4.74 Å². The van der Waals surface area contributed by atoms with Gasteiger partial charge in [0.15, 0.2) is 0 Å². The molecule has 0 fully saturated rings. The van der Waals surface area contributed by atoms with Crippen LogP contribution in [0.4, 0.5) is 0 Å². The average Bonchev–Trinajstić information content (AvgIpc) is 2.42. The van der Waals surface area contributed by atoms with Gasteiger partial charge in [-0.15, -0.1) is 0 Å². The molecule has 1 aromatic rings. The molecular formula is C16H24BrClO. The molecule has 0 amide bonds. The Morgan fingerprint density at radius 3 is 2.53 bits per heavy atom. The fourth-order valence-corrected chi connectivity index (χ4v) is 3.07.